The number of nitrogens with one attached hydrogen (secondary N) is 1. The molecule has 2 unspecified atom stereocenters. The third-order valence-electron chi connectivity index (χ3n) is 4.07. The fourth-order valence-corrected chi connectivity index (χ4v) is 4.33. The predicted molar refractivity (Wildman–Crippen MR) is 85.6 cm³/mol. The van der Waals surface area contributed by atoms with Gasteiger partial charge in [-0.2, -0.15) is 0 Å². The van der Waals surface area contributed by atoms with Gasteiger partial charge in [0, 0.05) is 22.6 Å². The zero-order chi connectivity index (χ0) is 15.7. The molecule has 5 heteroatoms. The number of benzene rings is 1. The summed E-state index contributed by atoms with van der Waals surface area (Å²) in [5, 5.41) is 0. The number of ether oxygens (including phenoxy) is 1. The summed E-state index contributed by atoms with van der Waals surface area (Å²) < 4.78 is 19.4. The van der Waals surface area contributed by atoms with Crippen molar-refractivity contribution in [2.45, 2.75) is 56.3 Å². The van der Waals surface area contributed by atoms with Crippen molar-refractivity contribution in [3.8, 4) is 0 Å². The van der Waals surface area contributed by atoms with Crippen molar-refractivity contribution in [3.05, 3.63) is 30.1 Å². The number of halogens is 1. The SMILES string of the molecule is CC1(C)CC(C(CSc2cccc(F)c2)NN)C(C)(C)O1. The van der Waals surface area contributed by atoms with Gasteiger partial charge >= 0.3 is 0 Å². The molecule has 1 saturated heterocycles. The summed E-state index contributed by atoms with van der Waals surface area (Å²) >= 11 is 1.62. The lowest BCUT2D eigenvalue weighted by atomic mass is 9.82. The Hall–Kier alpha value is -0.620. The third kappa shape index (κ3) is 4.19. The van der Waals surface area contributed by atoms with Gasteiger partial charge in [-0.3, -0.25) is 11.3 Å². The molecule has 1 aliphatic rings. The summed E-state index contributed by atoms with van der Waals surface area (Å²) in [5.74, 6) is 6.66. The molecular weight excluding hydrogens is 287 g/mol. The van der Waals surface area contributed by atoms with Crippen LogP contribution in [-0.2, 0) is 4.74 Å². The maximum atomic E-state index is 13.2. The molecule has 1 aliphatic heterocycles. The van der Waals surface area contributed by atoms with E-state index in [-0.39, 0.29) is 23.1 Å². The highest BCUT2D eigenvalue weighted by Crippen LogP contribution is 2.44. The zero-order valence-corrected chi connectivity index (χ0v) is 14.0. The number of hydrogen-bond donors (Lipinski definition) is 2. The van der Waals surface area contributed by atoms with E-state index in [2.05, 4.69) is 33.1 Å². The van der Waals surface area contributed by atoms with E-state index in [1.807, 2.05) is 6.07 Å². The second kappa shape index (κ2) is 6.24. The molecule has 0 bridgehead atoms. The van der Waals surface area contributed by atoms with Gasteiger partial charge in [0.2, 0.25) is 0 Å². The maximum absolute atomic E-state index is 13.2. The zero-order valence-electron chi connectivity index (χ0n) is 13.2. The third-order valence-corrected chi connectivity index (χ3v) is 5.18. The van der Waals surface area contributed by atoms with Crippen LogP contribution in [0.1, 0.15) is 34.1 Å². The molecule has 1 fully saturated rings. The highest BCUT2D eigenvalue weighted by atomic mass is 32.2. The molecule has 0 amide bonds. The Morgan fingerprint density at radius 2 is 2.14 bits per heavy atom. The van der Waals surface area contributed by atoms with Crippen molar-refractivity contribution in [1.29, 1.82) is 0 Å². The average molecular weight is 312 g/mol. The first-order valence-corrected chi connectivity index (χ1v) is 8.27. The molecule has 2 atom stereocenters. The van der Waals surface area contributed by atoms with Gasteiger partial charge < -0.3 is 4.74 Å². The first-order valence-electron chi connectivity index (χ1n) is 7.28. The Balaban J connectivity index is 2.03. The molecule has 0 radical (unpaired) electrons. The molecule has 1 aromatic rings. The van der Waals surface area contributed by atoms with Crippen LogP contribution >= 0.6 is 11.8 Å². The van der Waals surface area contributed by atoms with E-state index in [1.54, 1.807) is 23.9 Å². The van der Waals surface area contributed by atoms with Crippen molar-refractivity contribution in [3.63, 3.8) is 0 Å². The van der Waals surface area contributed by atoms with Crippen molar-refractivity contribution < 1.29 is 9.13 Å². The number of nitrogens with two attached hydrogens (primary N) is 1. The highest BCUT2D eigenvalue weighted by Gasteiger charge is 2.48. The Labute approximate surface area is 130 Å². The van der Waals surface area contributed by atoms with Gasteiger partial charge in [-0.05, 0) is 52.3 Å². The molecule has 0 aromatic heterocycles. The number of hydrazine groups is 1. The minimum atomic E-state index is -0.219. The monoisotopic (exact) mass is 312 g/mol. The summed E-state index contributed by atoms with van der Waals surface area (Å²) in [6.07, 6.45) is 0.957. The summed E-state index contributed by atoms with van der Waals surface area (Å²) in [7, 11) is 0. The normalized spacial score (nSPS) is 25.0. The van der Waals surface area contributed by atoms with Crippen molar-refractivity contribution in [2.75, 3.05) is 5.75 Å². The average Bonchev–Trinajstić information content (AvgIpc) is 2.58. The Kier molecular flexibility index (Phi) is 4.98. The predicted octanol–water partition coefficient (Wildman–Crippen LogP) is 3.34. The van der Waals surface area contributed by atoms with Crippen LogP contribution < -0.4 is 11.3 Å². The van der Waals surface area contributed by atoms with E-state index in [0.29, 0.717) is 5.92 Å². The van der Waals surface area contributed by atoms with Gasteiger partial charge in [0.25, 0.3) is 0 Å². The van der Waals surface area contributed by atoms with Crippen LogP contribution in [0.5, 0.6) is 0 Å². The van der Waals surface area contributed by atoms with E-state index in [4.69, 9.17) is 10.6 Å². The fourth-order valence-electron chi connectivity index (χ4n) is 3.25. The van der Waals surface area contributed by atoms with Crippen molar-refractivity contribution in [1.82, 2.24) is 5.43 Å². The molecular formula is C16H25FN2OS. The van der Waals surface area contributed by atoms with Crippen molar-refractivity contribution in [2.24, 2.45) is 11.8 Å². The van der Waals surface area contributed by atoms with Crippen LogP contribution in [0.25, 0.3) is 0 Å². The quantitative estimate of drug-likeness (QED) is 0.497. The number of rotatable bonds is 5. The van der Waals surface area contributed by atoms with Crippen LogP contribution in [0, 0.1) is 11.7 Å². The molecule has 0 aliphatic carbocycles. The molecule has 0 spiro atoms. The van der Waals surface area contributed by atoms with E-state index in [1.165, 1.54) is 6.07 Å². The summed E-state index contributed by atoms with van der Waals surface area (Å²) in [4.78, 5) is 0.922. The first kappa shape index (κ1) is 16.7. The molecule has 2 rings (SSSR count). The first-order chi connectivity index (χ1) is 9.73. The van der Waals surface area contributed by atoms with E-state index >= 15 is 0 Å². The van der Waals surface area contributed by atoms with Crippen molar-refractivity contribution >= 4 is 11.8 Å². The van der Waals surface area contributed by atoms with E-state index in [0.717, 1.165) is 17.1 Å². The van der Waals surface area contributed by atoms with Crippen LogP contribution in [0.3, 0.4) is 0 Å². The highest BCUT2D eigenvalue weighted by molar-refractivity contribution is 7.99. The van der Waals surface area contributed by atoms with Crippen LogP contribution in [0.2, 0.25) is 0 Å². The molecule has 0 saturated carbocycles. The van der Waals surface area contributed by atoms with Gasteiger partial charge in [-0.1, -0.05) is 6.07 Å². The molecule has 3 N–H and O–H groups in total. The topological polar surface area (TPSA) is 47.3 Å². The van der Waals surface area contributed by atoms with E-state index in [9.17, 15) is 4.39 Å². The molecule has 1 heterocycles. The smallest absolute Gasteiger partial charge is 0.124 e. The maximum Gasteiger partial charge on any atom is 0.124 e. The lowest BCUT2D eigenvalue weighted by molar-refractivity contribution is -0.0769. The number of hydrogen-bond acceptors (Lipinski definition) is 4. The van der Waals surface area contributed by atoms with Crippen LogP contribution in [0.4, 0.5) is 4.39 Å². The second-order valence-corrected chi connectivity index (χ2v) is 7.91. The summed E-state index contributed by atoms with van der Waals surface area (Å²) in [6.45, 7) is 8.46. The van der Waals surface area contributed by atoms with Gasteiger partial charge in [0.05, 0.1) is 11.2 Å². The minimum absolute atomic E-state index is 0.120. The second-order valence-electron chi connectivity index (χ2n) is 6.82. The Morgan fingerprint density at radius 3 is 2.67 bits per heavy atom. The largest absolute Gasteiger partial charge is 0.369 e. The fraction of sp³-hybridized carbons (Fsp3) is 0.625. The minimum Gasteiger partial charge on any atom is -0.369 e. The summed E-state index contributed by atoms with van der Waals surface area (Å²) in [5.41, 5.74) is 2.58. The van der Waals surface area contributed by atoms with E-state index < -0.39 is 0 Å². The standard InChI is InChI=1S/C16H25FN2OS/c1-15(2)9-13(16(3,4)20-15)14(19-18)10-21-12-7-5-6-11(17)8-12/h5-8,13-14,19H,9-10,18H2,1-4H3. The van der Waals surface area contributed by atoms with Gasteiger partial charge in [0.1, 0.15) is 5.82 Å². The van der Waals surface area contributed by atoms with Gasteiger partial charge in [-0.25, -0.2) is 4.39 Å². The Bertz CT molecular complexity index is 493. The van der Waals surface area contributed by atoms with Crippen LogP contribution in [0.15, 0.2) is 29.2 Å². The Morgan fingerprint density at radius 1 is 1.43 bits per heavy atom. The lowest BCUT2D eigenvalue weighted by Crippen LogP contribution is -2.48. The van der Waals surface area contributed by atoms with Gasteiger partial charge in [-0.15, -0.1) is 11.8 Å². The molecule has 21 heavy (non-hydrogen) atoms. The number of thioether (sulfide) groups is 1. The van der Waals surface area contributed by atoms with Crippen LogP contribution in [-0.4, -0.2) is 23.0 Å². The lowest BCUT2D eigenvalue weighted by Gasteiger charge is -2.32. The van der Waals surface area contributed by atoms with Gasteiger partial charge in [0.15, 0.2) is 0 Å². The molecule has 118 valence electrons. The molecule has 3 nitrogen and oxygen atoms in total. The summed E-state index contributed by atoms with van der Waals surface area (Å²) in [6, 6.07) is 6.78. The molecule has 1 aromatic carbocycles.